The first-order chi connectivity index (χ1) is 16.6. The lowest BCUT2D eigenvalue weighted by Crippen LogP contribution is -2.32. The molecule has 5 nitrogen and oxygen atoms in total. The van der Waals surface area contributed by atoms with Crippen LogP contribution in [0.4, 0.5) is 5.69 Å². The molecule has 1 heterocycles. The van der Waals surface area contributed by atoms with Crippen molar-refractivity contribution in [3.63, 3.8) is 0 Å². The van der Waals surface area contributed by atoms with Crippen molar-refractivity contribution < 1.29 is 4.79 Å². The van der Waals surface area contributed by atoms with E-state index in [4.69, 9.17) is 11.6 Å². The maximum atomic E-state index is 13.3. The summed E-state index contributed by atoms with van der Waals surface area (Å²) in [6.45, 7) is 0. The Bertz CT molecular complexity index is 1560. The molecule has 3 aromatic carbocycles. The second-order valence-corrected chi connectivity index (χ2v) is 8.60. The smallest absolute Gasteiger partial charge is 0.273 e. The number of aromatic nitrogens is 1. The van der Waals surface area contributed by atoms with Gasteiger partial charge in [0.1, 0.15) is 10.7 Å². The molecule has 0 aliphatic carbocycles. The molecule has 4 rings (SSSR count). The number of amides is 1. The van der Waals surface area contributed by atoms with Gasteiger partial charge in [0.15, 0.2) is 5.57 Å². The van der Waals surface area contributed by atoms with Crippen LogP contribution < -0.4 is 20.1 Å². The molecular weight excluding hydrogens is 466 g/mol. The normalized spacial score (nSPS) is 12.4. The minimum absolute atomic E-state index is 0.160. The van der Waals surface area contributed by atoms with E-state index in [-0.39, 0.29) is 15.8 Å². The van der Waals surface area contributed by atoms with Gasteiger partial charge in [-0.3, -0.25) is 14.2 Å². The Morgan fingerprint density at radius 3 is 2.26 bits per heavy atom. The van der Waals surface area contributed by atoms with Gasteiger partial charge < -0.3 is 5.32 Å². The molecule has 0 fully saturated rings. The predicted molar refractivity (Wildman–Crippen MR) is 138 cm³/mol. The fourth-order valence-corrected chi connectivity index (χ4v) is 4.39. The largest absolute Gasteiger partial charge is 0.321 e. The summed E-state index contributed by atoms with van der Waals surface area (Å²) in [4.78, 5) is 26.3. The van der Waals surface area contributed by atoms with E-state index in [1.54, 1.807) is 60.7 Å². The summed E-state index contributed by atoms with van der Waals surface area (Å²) in [5, 5.41) is 13.1. The minimum atomic E-state index is -0.609. The van der Waals surface area contributed by atoms with Crippen LogP contribution in [0.2, 0.25) is 5.02 Å². The van der Waals surface area contributed by atoms with Gasteiger partial charge in [-0.1, -0.05) is 72.3 Å². The highest BCUT2D eigenvalue weighted by molar-refractivity contribution is 7.07. The van der Waals surface area contributed by atoms with Gasteiger partial charge in [0.25, 0.3) is 11.5 Å². The van der Waals surface area contributed by atoms with Crippen molar-refractivity contribution >= 4 is 52.3 Å². The highest BCUT2D eigenvalue weighted by Crippen LogP contribution is 2.14. The number of anilines is 1. The van der Waals surface area contributed by atoms with E-state index in [0.29, 0.717) is 20.9 Å². The molecule has 0 aliphatic rings. The number of hydrogen-bond acceptors (Lipinski definition) is 4. The number of carbonyl (C=O) groups excluding carboxylic acids is 1. The highest BCUT2D eigenvalue weighted by atomic mass is 35.5. The molecular formula is C27H18ClN3O2S. The van der Waals surface area contributed by atoms with Crippen LogP contribution in [0.25, 0.3) is 23.4 Å². The van der Waals surface area contributed by atoms with Gasteiger partial charge in [-0.15, -0.1) is 11.3 Å². The summed E-state index contributed by atoms with van der Waals surface area (Å²) in [6, 6.07) is 27.2. The van der Waals surface area contributed by atoms with Gasteiger partial charge in [0.05, 0.1) is 10.2 Å². The van der Waals surface area contributed by atoms with Crippen molar-refractivity contribution in [1.29, 1.82) is 5.26 Å². The second kappa shape index (κ2) is 10.6. The Labute approximate surface area is 204 Å². The van der Waals surface area contributed by atoms with Gasteiger partial charge in [-0.2, -0.15) is 5.26 Å². The molecule has 0 unspecified atom stereocenters. The number of hydrogen-bond donors (Lipinski definition) is 1. The Kier molecular flexibility index (Phi) is 7.19. The van der Waals surface area contributed by atoms with Crippen LogP contribution in [0.3, 0.4) is 0 Å². The van der Waals surface area contributed by atoms with Gasteiger partial charge in [0, 0.05) is 10.7 Å². The number of nitriles is 1. The molecule has 1 aromatic heterocycles. The Morgan fingerprint density at radius 2 is 1.62 bits per heavy atom. The number of nitrogens with one attached hydrogen (secondary N) is 1. The number of rotatable bonds is 5. The molecule has 0 aliphatic heterocycles. The highest BCUT2D eigenvalue weighted by Gasteiger charge is 2.17. The zero-order valence-corrected chi connectivity index (χ0v) is 19.4. The lowest BCUT2D eigenvalue weighted by Gasteiger charge is -2.06. The van der Waals surface area contributed by atoms with Gasteiger partial charge in [-0.25, -0.2) is 0 Å². The zero-order valence-electron chi connectivity index (χ0n) is 17.8. The maximum Gasteiger partial charge on any atom is 0.273 e. The van der Waals surface area contributed by atoms with Crippen molar-refractivity contribution in [1.82, 2.24) is 4.57 Å². The quantitative estimate of drug-likeness (QED) is 0.458. The van der Waals surface area contributed by atoms with Crippen molar-refractivity contribution in [2.24, 2.45) is 0 Å². The second-order valence-electron chi connectivity index (χ2n) is 7.13. The molecule has 4 aromatic rings. The van der Waals surface area contributed by atoms with E-state index in [1.165, 1.54) is 4.57 Å². The van der Waals surface area contributed by atoms with E-state index >= 15 is 0 Å². The standard InChI is InChI=1S/C27H18ClN3O2S/c28-20-14-16-21(17-15-20)30-25(32)23(18-29)27-31(22-11-5-2-6-12-22)26(33)24(34-27)13-7-10-19-8-3-1-4-9-19/h1-17H,(H,30,32). The molecule has 1 N–H and O–H groups in total. The maximum absolute atomic E-state index is 13.3. The van der Waals surface area contributed by atoms with E-state index in [2.05, 4.69) is 5.32 Å². The van der Waals surface area contributed by atoms with E-state index < -0.39 is 5.91 Å². The van der Waals surface area contributed by atoms with Gasteiger partial charge in [0.2, 0.25) is 0 Å². The van der Waals surface area contributed by atoms with Crippen LogP contribution in [0.5, 0.6) is 0 Å². The Hall–Kier alpha value is -4.18. The average Bonchev–Trinajstić information content (AvgIpc) is 3.18. The minimum Gasteiger partial charge on any atom is -0.321 e. The fourth-order valence-electron chi connectivity index (χ4n) is 3.21. The number of allylic oxidation sites excluding steroid dienone is 1. The molecule has 0 spiro atoms. The first-order valence-corrected chi connectivity index (χ1v) is 11.5. The fraction of sp³-hybridized carbons (Fsp3) is 0. The van der Waals surface area contributed by atoms with Crippen LogP contribution in [-0.4, -0.2) is 10.5 Å². The topological polar surface area (TPSA) is 74.9 Å². The molecule has 0 bridgehead atoms. The molecule has 0 saturated heterocycles. The third-order valence-corrected chi connectivity index (χ3v) is 6.19. The number of thiazole rings is 1. The van der Waals surface area contributed by atoms with Crippen LogP contribution in [-0.2, 0) is 4.79 Å². The van der Waals surface area contributed by atoms with Crippen molar-refractivity contribution in [2.75, 3.05) is 5.32 Å². The molecule has 0 radical (unpaired) electrons. The van der Waals surface area contributed by atoms with Gasteiger partial charge in [-0.05, 0) is 48.0 Å². The van der Waals surface area contributed by atoms with Crippen molar-refractivity contribution in [3.8, 4) is 11.8 Å². The summed E-state index contributed by atoms with van der Waals surface area (Å²) in [6.07, 6.45) is 5.35. The van der Waals surface area contributed by atoms with E-state index in [0.717, 1.165) is 16.9 Å². The molecule has 1 amide bonds. The Morgan fingerprint density at radius 1 is 0.971 bits per heavy atom. The summed E-state index contributed by atoms with van der Waals surface area (Å²) >= 11 is 7.00. The van der Waals surface area contributed by atoms with Gasteiger partial charge >= 0.3 is 0 Å². The summed E-state index contributed by atoms with van der Waals surface area (Å²) in [5.41, 5.74) is 1.58. The van der Waals surface area contributed by atoms with Crippen LogP contribution in [0, 0.1) is 11.3 Å². The summed E-state index contributed by atoms with van der Waals surface area (Å²) in [7, 11) is 0. The number of benzene rings is 3. The molecule has 0 atom stereocenters. The number of para-hydroxylation sites is 1. The molecule has 166 valence electrons. The van der Waals surface area contributed by atoms with Crippen molar-refractivity contribution in [3.05, 3.63) is 121 Å². The molecule has 7 heteroatoms. The average molecular weight is 484 g/mol. The van der Waals surface area contributed by atoms with Crippen LogP contribution in [0.15, 0.2) is 95.8 Å². The van der Waals surface area contributed by atoms with Crippen LogP contribution in [0.1, 0.15) is 5.56 Å². The number of carbonyl (C=O) groups is 1. The monoisotopic (exact) mass is 483 g/mol. The SMILES string of the molecule is N#CC(C(=O)Nc1ccc(Cl)cc1)=c1sc(=CC=Cc2ccccc2)c(=O)n1-c1ccccc1. The molecule has 0 saturated carbocycles. The number of halogens is 1. The third-order valence-electron chi connectivity index (χ3n) is 4.83. The molecule has 34 heavy (non-hydrogen) atoms. The first kappa shape index (κ1) is 23.0. The Balaban J connectivity index is 1.86. The van der Waals surface area contributed by atoms with E-state index in [9.17, 15) is 14.9 Å². The third kappa shape index (κ3) is 5.24. The summed E-state index contributed by atoms with van der Waals surface area (Å²) in [5.74, 6) is -0.609. The predicted octanol–water partition coefficient (Wildman–Crippen LogP) is 4.36. The zero-order chi connectivity index (χ0) is 23.9. The van der Waals surface area contributed by atoms with Crippen LogP contribution >= 0.6 is 22.9 Å². The number of nitrogens with zero attached hydrogens (tertiary/aromatic N) is 2. The summed E-state index contributed by atoms with van der Waals surface area (Å²) < 4.78 is 2.05. The first-order valence-electron chi connectivity index (χ1n) is 10.3. The van der Waals surface area contributed by atoms with E-state index in [1.807, 2.05) is 48.5 Å². The lowest BCUT2D eigenvalue weighted by molar-refractivity contribution is -0.111. The van der Waals surface area contributed by atoms with Crippen molar-refractivity contribution in [2.45, 2.75) is 0 Å². The lowest BCUT2D eigenvalue weighted by atomic mass is 10.2.